The number of nitrogens with zero attached hydrogens (tertiary/aromatic N) is 3. The largest absolute Gasteiger partial charge is 0.480 e. The van der Waals surface area contributed by atoms with E-state index in [0.717, 1.165) is 43.6 Å². The molecule has 1 amide bonds. The van der Waals surface area contributed by atoms with Gasteiger partial charge in [0.2, 0.25) is 0 Å². The lowest BCUT2D eigenvalue weighted by Crippen LogP contribution is -2.35. The van der Waals surface area contributed by atoms with Gasteiger partial charge < -0.3 is 15.1 Å². The van der Waals surface area contributed by atoms with E-state index in [4.69, 9.17) is 17.3 Å². The second-order valence-corrected chi connectivity index (χ2v) is 11.0. The molecule has 1 aromatic carbocycles. The summed E-state index contributed by atoms with van der Waals surface area (Å²) < 4.78 is 2.47. The van der Waals surface area contributed by atoms with E-state index in [9.17, 15) is 24.3 Å². The average molecular weight is 550 g/mol. The van der Waals surface area contributed by atoms with E-state index in [1.807, 2.05) is 11.8 Å². The maximum atomic E-state index is 13.1. The Morgan fingerprint density at radius 1 is 1.06 bits per heavy atom. The SMILES string of the molecule is CCN1C(=CC=c2sc(=C3SC(=S)N(CC(=O)O)C3=O)n(CC)c2=O)Sc2ccc(C(=O)O)cc21. The fraction of sp³-hybridized carbons (Fsp3) is 0.227. The molecule has 2 N–H and O–H groups in total. The van der Waals surface area contributed by atoms with Crippen molar-refractivity contribution in [3.8, 4) is 0 Å². The van der Waals surface area contributed by atoms with Crippen molar-refractivity contribution in [2.75, 3.05) is 18.0 Å². The zero-order valence-corrected chi connectivity index (χ0v) is 21.8. The third-order valence-electron chi connectivity index (χ3n) is 5.23. The minimum absolute atomic E-state index is 0.142. The van der Waals surface area contributed by atoms with Gasteiger partial charge in [0.1, 0.15) is 20.4 Å². The Kier molecular flexibility index (Phi) is 7.22. The van der Waals surface area contributed by atoms with Crippen LogP contribution in [0.5, 0.6) is 0 Å². The minimum Gasteiger partial charge on any atom is -0.480 e. The molecule has 0 saturated carbocycles. The minimum atomic E-state index is -1.17. The van der Waals surface area contributed by atoms with Crippen LogP contribution >= 0.6 is 47.1 Å². The fourth-order valence-electron chi connectivity index (χ4n) is 3.62. The lowest BCUT2D eigenvalue weighted by molar-refractivity contribution is -0.140. The zero-order valence-electron chi connectivity index (χ0n) is 18.5. The first-order valence-corrected chi connectivity index (χ1v) is 13.3. The Balaban J connectivity index is 1.77. The molecule has 9 nitrogen and oxygen atoms in total. The Hall–Kier alpha value is -2.87. The lowest BCUT2D eigenvalue weighted by atomic mass is 10.2. The summed E-state index contributed by atoms with van der Waals surface area (Å²) in [5, 5.41) is 19.2. The standard InChI is InChI=1S/C22H19N3O6S4/c1-3-23-12-9-11(21(30)31)5-6-13(12)33-15(23)8-7-14-18(28)24(4-2)20(34-14)17-19(29)25(10-16(26)27)22(32)35-17/h5-9H,3-4,10H2,1-2H3,(H,26,27)(H,30,31). The summed E-state index contributed by atoms with van der Waals surface area (Å²) >= 11 is 8.80. The number of aliphatic carboxylic acids is 1. The zero-order chi connectivity index (χ0) is 25.4. The molecule has 182 valence electrons. The molecule has 35 heavy (non-hydrogen) atoms. The summed E-state index contributed by atoms with van der Waals surface area (Å²) in [5.41, 5.74) is 0.738. The number of amides is 1. The van der Waals surface area contributed by atoms with E-state index >= 15 is 0 Å². The Morgan fingerprint density at radius 3 is 2.43 bits per heavy atom. The van der Waals surface area contributed by atoms with Gasteiger partial charge in [-0.05, 0) is 44.2 Å². The number of aromatic nitrogens is 1. The third kappa shape index (κ3) is 4.68. The van der Waals surface area contributed by atoms with Crippen molar-refractivity contribution in [2.24, 2.45) is 0 Å². The number of benzene rings is 1. The van der Waals surface area contributed by atoms with Gasteiger partial charge in [0.25, 0.3) is 11.5 Å². The quantitative estimate of drug-likeness (QED) is 0.517. The molecule has 0 radical (unpaired) electrons. The molecule has 0 unspecified atom stereocenters. The van der Waals surface area contributed by atoms with Crippen molar-refractivity contribution in [1.82, 2.24) is 9.47 Å². The Bertz CT molecular complexity index is 1490. The molecule has 2 aliphatic heterocycles. The molecule has 0 spiro atoms. The molecule has 1 saturated heterocycles. The van der Waals surface area contributed by atoms with Gasteiger partial charge >= 0.3 is 11.9 Å². The Labute approximate surface area is 217 Å². The van der Waals surface area contributed by atoms with Crippen molar-refractivity contribution >= 4 is 85.9 Å². The number of carbonyl (C=O) groups excluding carboxylic acids is 1. The highest BCUT2D eigenvalue weighted by Gasteiger charge is 2.35. The molecule has 1 fully saturated rings. The maximum Gasteiger partial charge on any atom is 0.335 e. The lowest BCUT2D eigenvalue weighted by Gasteiger charge is -2.17. The molecule has 1 aromatic heterocycles. The van der Waals surface area contributed by atoms with E-state index < -0.39 is 24.4 Å². The number of thioether (sulfide) groups is 2. The highest BCUT2D eigenvalue weighted by atomic mass is 32.2. The predicted molar refractivity (Wildman–Crippen MR) is 141 cm³/mol. The van der Waals surface area contributed by atoms with Crippen LogP contribution in [0.15, 0.2) is 39.0 Å². The molecule has 2 aliphatic rings. The summed E-state index contributed by atoms with van der Waals surface area (Å²) in [5.74, 6) is -2.69. The molecule has 13 heteroatoms. The number of rotatable bonds is 6. The number of hydrogen-bond donors (Lipinski definition) is 2. The van der Waals surface area contributed by atoms with Gasteiger partial charge in [-0.15, -0.1) is 11.3 Å². The van der Waals surface area contributed by atoms with Crippen LogP contribution < -0.4 is 19.7 Å². The van der Waals surface area contributed by atoms with Gasteiger partial charge in [0.05, 0.1) is 20.8 Å². The summed E-state index contributed by atoms with van der Waals surface area (Å²) in [7, 11) is 0. The summed E-state index contributed by atoms with van der Waals surface area (Å²) in [6.07, 6.45) is 3.50. The summed E-state index contributed by atoms with van der Waals surface area (Å²) in [6.45, 7) is 4.15. The predicted octanol–water partition coefficient (Wildman–Crippen LogP) is 1.94. The average Bonchev–Trinajstić information content (AvgIpc) is 3.42. The van der Waals surface area contributed by atoms with E-state index in [1.54, 1.807) is 37.3 Å². The molecule has 0 atom stereocenters. The van der Waals surface area contributed by atoms with Crippen molar-refractivity contribution in [3.05, 3.63) is 54.4 Å². The Morgan fingerprint density at radius 2 is 1.80 bits per heavy atom. The van der Waals surface area contributed by atoms with Crippen LogP contribution in [0, 0.1) is 0 Å². The van der Waals surface area contributed by atoms with E-state index in [1.165, 1.54) is 16.3 Å². The van der Waals surface area contributed by atoms with Crippen LogP contribution in [0.25, 0.3) is 11.0 Å². The summed E-state index contributed by atoms with van der Waals surface area (Å²) in [6, 6.07) is 4.96. The molecular weight excluding hydrogens is 531 g/mol. The third-order valence-corrected chi connectivity index (χ3v) is 9.08. The normalized spacial score (nSPS) is 18.7. The van der Waals surface area contributed by atoms with E-state index in [-0.39, 0.29) is 20.3 Å². The number of allylic oxidation sites excluding steroid dienone is 1. The van der Waals surface area contributed by atoms with Gasteiger partial charge in [-0.2, -0.15) is 0 Å². The highest BCUT2D eigenvalue weighted by molar-refractivity contribution is 8.30. The smallest absolute Gasteiger partial charge is 0.335 e. The highest BCUT2D eigenvalue weighted by Crippen LogP contribution is 2.46. The van der Waals surface area contributed by atoms with Crippen molar-refractivity contribution in [2.45, 2.75) is 25.3 Å². The number of aromatic carboxylic acids is 1. The van der Waals surface area contributed by atoms with Crippen LogP contribution in [-0.2, 0) is 16.1 Å². The summed E-state index contributed by atoms with van der Waals surface area (Å²) in [4.78, 5) is 52.5. The topological polar surface area (TPSA) is 120 Å². The van der Waals surface area contributed by atoms with Gasteiger partial charge in [-0.25, -0.2) is 4.79 Å². The van der Waals surface area contributed by atoms with Gasteiger partial charge in [-0.1, -0.05) is 35.7 Å². The molecule has 3 heterocycles. The van der Waals surface area contributed by atoms with Crippen molar-refractivity contribution < 1.29 is 24.6 Å². The van der Waals surface area contributed by atoms with Crippen LogP contribution in [0.3, 0.4) is 0 Å². The molecule has 0 aliphatic carbocycles. The van der Waals surface area contributed by atoms with Gasteiger partial charge in [-0.3, -0.25) is 23.9 Å². The second-order valence-electron chi connectivity index (χ2n) is 7.31. The van der Waals surface area contributed by atoms with Crippen LogP contribution in [0.2, 0.25) is 0 Å². The second kappa shape index (κ2) is 10.0. The molecule has 4 rings (SSSR count). The van der Waals surface area contributed by atoms with Crippen molar-refractivity contribution in [1.29, 1.82) is 0 Å². The number of carboxylic acid groups (broad SMARTS) is 2. The molecular formula is C22H19N3O6S4. The van der Waals surface area contributed by atoms with E-state index in [0.29, 0.717) is 22.3 Å². The number of fused-ring (bicyclic) bond motifs is 1. The monoisotopic (exact) mass is 549 g/mol. The molecule has 0 bridgehead atoms. The maximum absolute atomic E-state index is 13.1. The number of hydrogen-bond acceptors (Lipinski definition) is 9. The van der Waals surface area contributed by atoms with Crippen LogP contribution in [0.1, 0.15) is 24.2 Å². The molecule has 2 aromatic rings. The fourth-order valence-corrected chi connectivity index (χ4v) is 7.25. The number of carboxylic acids is 2. The van der Waals surface area contributed by atoms with E-state index in [2.05, 4.69) is 0 Å². The number of anilines is 1. The number of thiocarbonyl (C=S) groups is 1. The first-order valence-electron chi connectivity index (χ1n) is 10.4. The first-order chi connectivity index (χ1) is 16.7. The van der Waals surface area contributed by atoms with Gasteiger partial charge in [0.15, 0.2) is 0 Å². The number of thiazole rings is 1. The first kappa shape index (κ1) is 25.2. The van der Waals surface area contributed by atoms with Crippen LogP contribution in [-0.4, -0.2) is 54.9 Å². The van der Waals surface area contributed by atoms with Crippen molar-refractivity contribution in [3.63, 3.8) is 0 Å². The van der Waals surface area contributed by atoms with Crippen LogP contribution in [0.4, 0.5) is 5.69 Å². The van der Waals surface area contributed by atoms with Gasteiger partial charge in [0, 0.05) is 18.0 Å². The number of carbonyl (C=O) groups is 3.